The highest BCUT2D eigenvalue weighted by molar-refractivity contribution is 5.69. The van der Waals surface area contributed by atoms with E-state index in [1.165, 1.54) is 60.7 Å². The number of phenols is 12. The molecule has 0 aliphatic heterocycles. The van der Waals surface area contributed by atoms with Crippen LogP contribution in [0.15, 0.2) is 121 Å². The molecule has 0 heterocycles. The van der Waals surface area contributed by atoms with Gasteiger partial charge in [-0.05, 0) is 221 Å². The smallest absolute Gasteiger partial charge is 0.157 e. The summed E-state index contributed by atoms with van der Waals surface area (Å²) in [4.78, 5) is 0. The number of aromatic hydroxyl groups is 12. The van der Waals surface area contributed by atoms with Crippen LogP contribution in [0.4, 0.5) is 0 Å². The van der Waals surface area contributed by atoms with Crippen LogP contribution in [0.1, 0.15) is 247 Å². The summed E-state index contributed by atoms with van der Waals surface area (Å²) in [7, 11) is 0. The second-order valence-electron chi connectivity index (χ2n) is 29.2. The van der Waals surface area contributed by atoms with Gasteiger partial charge in [0.1, 0.15) is 46.0 Å². The van der Waals surface area contributed by atoms with Gasteiger partial charge < -0.3 is 80.2 Å². The van der Waals surface area contributed by atoms with Crippen molar-refractivity contribution in [3.05, 3.63) is 188 Å². The van der Waals surface area contributed by atoms with E-state index >= 15 is 0 Å². The SMILES string of the molecule is CCC1CCC(Oc2cc(O)c3cc2C(c2ccc(O)c(O)c2)c2cc(c(OC4CCC(CC)CC4)cc2O)C(c2ccc(O)c(O)c2)c2cc(c(O)cc2OC2CCC(CC)CC2)C(c2ccc(O)c(O)c2)c2cc(c(O)cc2OC2CCC(CC)CC2)C3c2ccc(O)c(O)c2)CC1. The number of hydrogen-bond acceptors (Lipinski definition) is 16. The molecule has 528 valence electrons. The van der Waals surface area contributed by atoms with Gasteiger partial charge in [0.05, 0.1) is 24.4 Å². The Labute approximate surface area is 585 Å². The van der Waals surface area contributed by atoms with Crippen molar-refractivity contribution in [1.82, 2.24) is 0 Å². The highest BCUT2D eigenvalue weighted by Gasteiger charge is 2.40. The second kappa shape index (κ2) is 29.4. The number of benzene rings is 8. The maximum atomic E-state index is 13.4. The van der Waals surface area contributed by atoms with Crippen molar-refractivity contribution in [3.63, 3.8) is 0 Å². The Morgan fingerprint density at radius 2 is 0.410 bits per heavy atom. The Kier molecular flexibility index (Phi) is 20.3. The molecule has 8 bridgehead atoms. The molecule has 0 spiro atoms. The highest BCUT2D eigenvalue weighted by atomic mass is 16.5. The van der Waals surface area contributed by atoms with Crippen LogP contribution in [-0.4, -0.2) is 85.7 Å². The number of ether oxygens (including phenoxy) is 4. The zero-order valence-electron chi connectivity index (χ0n) is 57.6. The topological polar surface area (TPSA) is 280 Å². The van der Waals surface area contributed by atoms with E-state index in [1.807, 2.05) is 12.1 Å². The fourth-order valence-corrected chi connectivity index (χ4v) is 17.0. The third kappa shape index (κ3) is 14.2. The van der Waals surface area contributed by atoms with Crippen LogP contribution in [0, 0.1) is 23.7 Å². The average molecular weight is 1360 g/mol. The maximum absolute atomic E-state index is 13.4. The van der Waals surface area contributed by atoms with Gasteiger partial charge in [0.25, 0.3) is 0 Å². The predicted molar refractivity (Wildman–Crippen MR) is 382 cm³/mol. The Morgan fingerprint density at radius 1 is 0.220 bits per heavy atom. The molecule has 0 radical (unpaired) electrons. The normalized spacial score (nSPS) is 24.6. The highest BCUT2D eigenvalue weighted by Crippen LogP contribution is 2.57. The van der Waals surface area contributed by atoms with Gasteiger partial charge in [0.15, 0.2) is 46.0 Å². The van der Waals surface area contributed by atoms with Crippen molar-refractivity contribution in [3.8, 4) is 92.0 Å². The van der Waals surface area contributed by atoms with Crippen molar-refractivity contribution >= 4 is 0 Å². The quantitative estimate of drug-likeness (QED) is 0.0401. The van der Waals surface area contributed by atoms with Crippen molar-refractivity contribution in [2.75, 3.05) is 0 Å². The third-order valence-corrected chi connectivity index (χ3v) is 23.1. The Balaban J connectivity index is 1.20. The molecule has 2 unspecified atom stereocenters. The molecule has 8 aromatic rings. The Bertz CT molecular complexity index is 4020. The molecule has 13 rings (SSSR count). The lowest BCUT2D eigenvalue weighted by Crippen LogP contribution is -2.26. The first-order valence-electron chi connectivity index (χ1n) is 36.5. The van der Waals surface area contributed by atoms with E-state index < -0.39 is 63.9 Å². The summed E-state index contributed by atoms with van der Waals surface area (Å²) >= 11 is 0. The summed E-state index contributed by atoms with van der Waals surface area (Å²) in [6.45, 7) is 8.74. The summed E-state index contributed by atoms with van der Waals surface area (Å²) in [5, 5.41) is 145. The minimum atomic E-state index is -1.26. The number of hydrogen-bond donors (Lipinski definition) is 12. The zero-order chi connectivity index (χ0) is 70.2. The first-order valence-corrected chi connectivity index (χ1v) is 36.5. The van der Waals surface area contributed by atoms with E-state index in [-0.39, 0.29) is 104 Å². The van der Waals surface area contributed by atoms with Crippen molar-refractivity contribution in [2.24, 2.45) is 23.7 Å². The minimum absolute atomic E-state index is 0.147. The lowest BCUT2D eigenvalue weighted by molar-refractivity contribution is 0.127. The van der Waals surface area contributed by atoms with Crippen LogP contribution in [0.5, 0.6) is 92.0 Å². The molecule has 5 aliphatic carbocycles. The molecule has 16 nitrogen and oxygen atoms in total. The van der Waals surface area contributed by atoms with Crippen molar-refractivity contribution in [1.29, 1.82) is 0 Å². The largest absolute Gasteiger partial charge is 0.507 e. The Morgan fingerprint density at radius 3 is 0.600 bits per heavy atom. The fourth-order valence-electron chi connectivity index (χ4n) is 17.0. The number of fused-ring (bicyclic) bond motifs is 8. The molecule has 0 amide bonds. The average Bonchev–Trinajstić information content (AvgIpc) is 0.737. The summed E-state index contributed by atoms with van der Waals surface area (Å²) in [5.41, 5.74) is 3.80. The van der Waals surface area contributed by atoms with Gasteiger partial charge in [0, 0.05) is 92.4 Å². The number of phenolic OH excluding ortho intramolecular Hbond substituents is 12. The predicted octanol–water partition coefficient (Wildman–Crippen LogP) is 18.6. The van der Waals surface area contributed by atoms with E-state index in [0.717, 1.165) is 77.0 Å². The van der Waals surface area contributed by atoms with Gasteiger partial charge >= 0.3 is 0 Å². The zero-order valence-corrected chi connectivity index (χ0v) is 57.6. The van der Waals surface area contributed by atoms with Crippen LogP contribution in [0.25, 0.3) is 0 Å². The lowest BCUT2D eigenvalue weighted by Gasteiger charge is -2.35. The van der Waals surface area contributed by atoms with E-state index in [4.69, 9.17) is 18.9 Å². The van der Waals surface area contributed by atoms with E-state index in [1.54, 1.807) is 48.5 Å². The fraction of sp³-hybridized carbons (Fsp3) is 0.429. The first-order chi connectivity index (χ1) is 48.3. The van der Waals surface area contributed by atoms with Gasteiger partial charge in [0.2, 0.25) is 0 Å². The summed E-state index contributed by atoms with van der Waals surface area (Å²) < 4.78 is 29.2. The standard InChI is InChI=1S/C84H96O16/c1-5-45-9-21-53(22-10-45)97-77-41-69(89)57-37-61(77)82(50-18-30-66(86)74(94)34-50)59-39-63(79(43-71(59)91)99-55-25-13-47(7-3)14-26-55)84(52-20-32-68(88)76(96)36-52)64-40-60(72(92)44-80(64)100-56-27-15-48(8-4)16-28-56)83(51-19-31-67(87)75(95)35-51)62-38-58(81(57)49-17-29-65(85)73(93)33-49)70(90)42-78(62)98-54-23-11-46(6-2)12-24-54/h17-20,29-48,53-56,81-96H,5-16,21-28H2,1-4H3. The monoisotopic (exact) mass is 1360 g/mol. The molecule has 8 aromatic carbocycles. The molecule has 100 heavy (non-hydrogen) atoms. The molecular weight excluding hydrogens is 1260 g/mol. The van der Waals surface area contributed by atoms with Gasteiger partial charge in [-0.2, -0.15) is 0 Å². The molecule has 4 saturated carbocycles. The summed E-state index contributed by atoms with van der Waals surface area (Å²) in [5.74, 6) is -6.41. The minimum Gasteiger partial charge on any atom is -0.507 e. The summed E-state index contributed by atoms with van der Waals surface area (Å²) in [6, 6.07) is 31.0. The molecule has 4 fully saturated rings. The van der Waals surface area contributed by atoms with Crippen LogP contribution >= 0.6 is 0 Å². The van der Waals surface area contributed by atoms with E-state index in [2.05, 4.69) is 27.7 Å². The first kappa shape index (κ1) is 69.1. The number of rotatable bonds is 16. The van der Waals surface area contributed by atoms with Crippen molar-refractivity contribution in [2.45, 2.75) is 204 Å². The van der Waals surface area contributed by atoms with E-state index in [9.17, 15) is 61.3 Å². The van der Waals surface area contributed by atoms with Gasteiger partial charge in [-0.25, -0.2) is 0 Å². The molecule has 0 aromatic heterocycles. The molecule has 0 saturated heterocycles. The van der Waals surface area contributed by atoms with Gasteiger partial charge in [-0.3, -0.25) is 0 Å². The molecule has 2 atom stereocenters. The lowest BCUT2D eigenvalue weighted by atomic mass is 9.74. The molecular formula is C84H96O16. The molecule has 12 N–H and O–H groups in total. The molecule has 5 aliphatic rings. The maximum Gasteiger partial charge on any atom is 0.157 e. The van der Waals surface area contributed by atoms with E-state index in [0.29, 0.717) is 114 Å². The van der Waals surface area contributed by atoms with Crippen LogP contribution in [0.3, 0.4) is 0 Å². The summed E-state index contributed by atoms with van der Waals surface area (Å²) in [6.07, 6.45) is 15.4. The van der Waals surface area contributed by atoms with Gasteiger partial charge in [-0.15, -0.1) is 0 Å². The van der Waals surface area contributed by atoms with Crippen LogP contribution < -0.4 is 18.9 Å². The van der Waals surface area contributed by atoms with Crippen LogP contribution in [-0.2, 0) is 0 Å². The van der Waals surface area contributed by atoms with Crippen LogP contribution in [0.2, 0.25) is 0 Å². The van der Waals surface area contributed by atoms with Gasteiger partial charge in [-0.1, -0.05) is 77.6 Å². The molecule has 16 heteroatoms. The Hall–Kier alpha value is -9.44. The third-order valence-electron chi connectivity index (χ3n) is 23.1. The second-order valence-corrected chi connectivity index (χ2v) is 29.2. The van der Waals surface area contributed by atoms with Crippen molar-refractivity contribution < 1.29 is 80.2 Å².